The Hall–Kier alpha value is -1.79. The van der Waals surface area contributed by atoms with Crippen LogP contribution in [-0.2, 0) is 5.41 Å². The Balaban J connectivity index is 1.91. The van der Waals surface area contributed by atoms with Gasteiger partial charge in [-0.2, -0.15) is 0 Å². The first-order valence-electron chi connectivity index (χ1n) is 6.41. The van der Waals surface area contributed by atoms with Crippen LogP contribution < -0.4 is 5.73 Å². The molecule has 1 aliphatic rings. The highest BCUT2D eigenvalue weighted by Gasteiger charge is 2.48. The molecule has 1 saturated carbocycles. The maximum absolute atomic E-state index is 5.72. The molecular formula is C14H12N4S2. The van der Waals surface area contributed by atoms with E-state index in [1.807, 2.05) is 6.07 Å². The summed E-state index contributed by atoms with van der Waals surface area (Å²) in [5.74, 6) is 0.349. The van der Waals surface area contributed by atoms with Gasteiger partial charge >= 0.3 is 0 Å². The summed E-state index contributed by atoms with van der Waals surface area (Å²) in [6.45, 7) is 0. The Bertz CT molecular complexity index is 846. The van der Waals surface area contributed by atoms with E-state index in [9.17, 15) is 0 Å². The minimum absolute atomic E-state index is 0.0587. The van der Waals surface area contributed by atoms with Gasteiger partial charge in [0.25, 0.3) is 0 Å². The predicted molar refractivity (Wildman–Crippen MR) is 83.5 cm³/mol. The van der Waals surface area contributed by atoms with Crippen LogP contribution in [0.25, 0.3) is 10.3 Å². The van der Waals surface area contributed by atoms with E-state index in [2.05, 4.69) is 34.2 Å². The molecule has 1 aromatic carbocycles. The fraction of sp³-hybridized carbons (Fsp3) is 0.214. The zero-order chi connectivity index (χ0) is 13.7. The van der Waals surface area contributed by atoms with Crippen molar-refractivity contribution in [1.82, 2.24) is 15.0 Å². The molecule has 4 rings (SSSR count). The van der Waals surface area contributed by atoms with Gasteiger partial charge in [0.1, 0.15) is 15.2 Å². The first-order valence-corrected chi connectivity index (χ1v) is 7.64. The zero-order valence-corrected chi connectivity index (χ0v) is 12.2. The van der Waals surface area contributed by atoms with E-state index >= 15 is 0 Å². The molecule has 0 saturated heterocycles. The van der Waals surface area contributed by atoms with Crippen molar-refractivity contribution in [1.29, 1.82) is 0 Å². The Labute approximate surface area is 124 Å². The summed E-state index contributed by atoms with van der Waals surface area (Å²) in [4.78, 5) is 12.7. The predicted octanol–water partition coefficient (Wildman–Crippen LogP) is 3.41. The van der Waals surface area contributed by atoms with Crippen molar-refractivity contribution in [3.63, 3.8) is 0 Å². The van der Waals surface area contributed by atoms with Crippen LogP contribution in [0, 0.1) is 4.64 Å². The summed E-state index contributed by atoms with van der Waals surface area (Å²) in [7, 11) is 0. The van der Waals surface area contributed by atoms with Gasteiger partial charge in [0.2, 0.25) is 0 Å². The van der Waals surface area contributed by atoms with Gasteiger partial charge in [0.15, 0.2) is 10.8 Å². The monoisotopic (exact) mass is 300 g/mol. The number of fused-ring (bicyclic) bond motifs is 1. The minimum Gasteiger partial charge on any atom is -0.369 e. The maximum Gasteiger partial charge on any atom is 0.199 e. The highest BCUT2D eigenvalue weighted by molar-refractivity contribution is 7.71. The molecular weight excluding hydrogens is 288 g/mol. The molecule has 6 heteroatoms. The van der Waals surface area contributed by atoms with Gasteiger partial charge in [-0.3, -0.25) is 0 Å². The molecule has 0 amide bonds. The van der Waals surface area contributed by atoms with Crippen molar-refractivity contribution < 1.29 is 0 Å². The number of benzene rings is 1. The number of nitrogens with two attached hydrogens (primary N) is 1. The van der Waals surface area contributed by atoms with Crippen LogP contribution in [0.1, 0.15) is 23.4 Å². The van der Waals surface area contributed by atoms with E-state index < -0.39 is 0 Å². The van der Waals surface area contributed by atoms with Gasteiger partial charge in [-0.15, -0.1) is 0 Å². The number of hydrogen-bond acceptors (Lipinski definition) is 5. The SMILES string of the molecule is Nc1nc2sc(C3(c4ccccc4)CC3)nc2c(=S)[nH]1. The quantitative estimate of drug-likeness (QED) is 0.712. The lowest BCUT2D eigenvalue weighted by Crippen LogP contribution is -2.07. The van der Waals surface area contributed by atoms with Crippen molar-refractivity contribution in [3.8, 4) is 0 Å². The molecule has 0 spiro atoms. The number of nitrogens with zero attached hydrogens (tertiary/aromatic N) is 2. The zero-order valence-electron chi connectivity index (χ0n) is 10.6. The number of aromatic amines is 1. The smallest absolute Gasteiger partial charge is 0.199 e. The molecule has 20 heavy (non-hydrogen) atoms. The lowest BCUT2D eigenvalue weighted by Gasteiger charge is -2.11. The first-order chi connectivity index (χ1) is 9.69. The fourth-order valence-electron chi connectivity index (χ4n) is 2.56. The van der Waals surface area contributed by atoms with Crippen molar-refractivity contribution in [2.24, 2.45) is 0 Å². The molecule has 2 heterocycles. The molecule has 0 atom stereocenters. The van der Waals surface area contributed by atoms with Crippen LogP contribution in [0.5, 0.6) is 0 Å². The lowest BCUT2D eigenvalue weighted by molar-refractivity contribution is 0.837. The largest absolute Gasteiger partial charge is 0.369 e. The van der Waals surface area contributed by atoms with Gasteiger partial charge in [0.05, 0.1) is 0 Å². The van der Waals surface area contributed by atoms with Crippen LogP contribution >= 0.6 is 23.6 Å². The summed E-state index contributed by atoms with van der Waals surface area (Å²) in [5.41, 5.74) is 7.86. The van der Waals surface area contributed by atoms with Crippen molar-refractivity contribution >= 4 is 39.9 Å². The van der Waals surface area contributed by atoms with E-state index in [1.54, 1.807) is 11.3 Å². The van der Waals surface area contributed by atoms with Crippen LogP contribution in [-0.4, -0.2) is 15.0 Å². The average Bonchev–Trinajstić information content (AvgIpc) is 3.14. The van der Waals surface area contributed by atoms with Gasteiger partial charge in [-0.05, 0) is 18.4 Å². The number of rotatable bonds is 2. The topological polar surface area (TPSA) is 67.6 Å². The van der Waals surface area contributed by atoms with Crippen molar-refractivity contribution in [2.75, 3.05) is 5.73 Å². The molecule has 0 bridgehead atoms. The number of anilines is 1. The molecule has 0 radical (unpaired) electrons. The van der Waals surface area contributed by atoms with Crippen LogP contribution in [0.2, 0.25) is 0 Å². The van der Waals surface area contributed by atoms with Gasteiger partial charge in [-0.25, -0.2) is 9.97 Å². The summed E-state index contributed by atoms with van der Waals surface area (Å²) < 4.78 is 0.568. The molecule has 1 fully saturated rings. The summed E-state index contributed by atoms with van der Waals surface area (Å²) in [6.07, 6.45) is 2.26. The third kappa shape index (κ3) is 1.68. The molecule has 3 N–H and O–H groups in total. The van der Waals surface area contributed by atoms with Crippen molar-refractivity contribution in [2.45, 2.75) is 18.3 Å². The standard InChI is InChI=1S/C14H12N4S2/c15-13-17-10(19)9-11(18-13)20-12(16-9)14(6-7-14)8-4-2-1-3-5-8/h1-5H,6-7H2,(H3,15,17,18,19). The Morgan fingerprint density at radius 3 is 2.65 bits per heavy atom. The van der Waals surface area contributed by atoms with Gasteiger partial charge < -0.3 is 10.7 Å². The molecule has 100 valence electrons. The van der Waals surface area contributed by atoms with E-state index in [0.717, 1.165) is 28.2 Å². The molecule has 4 nitrogen and oxygen atoms in total. The second-order valence-electron chi connectivity index (χ2n) is 5.07. The number of nitrogen functional groups attached to an aromatic ring is 1. The average molecular weight is 300 g/mol. The first kappa shape index (κ1) is 12.0. The Morgan fingerprint density at radius 1 is 1.20 bits per heavy atom. The van der Waals surface area contributed by atoms with Gasteiger partial charge in [-0.1, -0.05) is 53.9 Å². The summed E-state index contributed by atoms with van der Waals surface area (Å²) >= 11 is 6.88. The summed E-state index contributed by atoms with van der Waals surface area (Å²) in [5, 5.41) is 1.09. The summed E-state index contributed by atoms with van der Waals surface area (Å²) in [6, 6.07) is 10.5. The van der Waals surface area contributed by atoms with Crippen molar-refractivity contribution in [3.05, 3.63) is 45.5 Å². The number of hydrogen-bond donors (Lipinski definition) is 2. The number of thiazole rings is 1. The maximum atomic E-state index is 5.72. The fourth-order valence-corrected chi connectivity index (χ4v) is 4.10. The van der Waals surface area contributed by atoms with Crippen LogP contribution in [0.15, 0.2) is 30.3 Å². The van der Waals surface area contributed by atoms with E-state index in [0.29, 0.717) is 10.6 Å². The number of H-pyrrole nitrogens is 1. The third-order valence-corrected chi connectivity index (χ3v) is 5.22. The molecule has 0 aliphatic heterocycles. The van der Waals surface area contributed by atoms with Crippen LogP contribution in [0.3, 0.4) is 0 Å². The van der Waals surface area contributed by atoms with E-state index in [-0.39, 0.29) is 5.41 Å². The van der Waals surface area contributed by atoms with Gasteiger partial charge in [0, 0.05) is 5.41 Å². The Kier molecular flexibility index (Phi) is 2.46. The molecule has 2 aromatic heterocycles. The lowest BCUT2D eigenvalue weighted by atomic mass is 9.97. The molecule has 1 aliphatic carbocycles. The third-order valence-electron chi connectivity index (χ3n) is 3.77. The Morgan fingerprint density at radius 2 is 1.95 bits per heavy atom. The van der Waals surface area contributed by atoms with Crippen LogP contribution in [0.4, 0.5) is 5.95 Å². The highest BCUT2D eigenvalue weighted by Crippen LogP contribution is 2.54. The number of nitrogens with one attached hydrogen (secondary N) is 1. The number of aromatic nitrogens is 3. The molecule has 0 unspecified atom stereocenters. The second-order valence-corrected chi connectivity index (χ2v) is 6.46. The minimum atomic E-state index is 0.0587. The van der Waals surface area contributed by atoms with E-state index in [4.69, 9.17) is 22.9 Å². The van der Waals surface area contributed by atoms with E-state index in [1.165, 1.54) is 5.56 Å². The molecule has 3 aromatic rings. The normalized spacial score (nSPS) is 16.4. The second kappa shape index (κ2) is 4.10. The highest BCUT2D eigenvalue weighted by atomic mass is 32.1.